The van der Waals surface area contributed by atoms with Gasteiger partial charge in [0.25, 0.3) is 5.91 Å². The molecule has 2 saturated carbocycles. The molecular weight excluding hydrogens is 459 g/mol. The SMILES string of the molecule is CC(c1cccc(C(F)(F)F)c1)N(C(=O)CNC(=O)C1c2ccccc2C(=O)N1C1CC1)C1CC1. The van der Waals surface area contributed by atoms with E-state index < -0.39 is 29.7 Å². The second-order valence-electron chi connectivity index (χ2n) is 9.48. The van der Waals surface area contributed by atoms with Crippen LogP contribution < -0.4 is 5.32 Å². The predicted molar refractivity (Wildman–Crippen MR) is 121 cm³/mol. The zero-order valence-electron chi connectivity index (χ0n) is 19.2. The third kappa shape index (κ3) is 4.51. The number of halogens is 3. The zero-order chi connectivity index (χ0) is 24.9. The number of rotatable bonds is 7. The van der Waals surface area contributed by atoms with Gasteiger partial charge in [0.15, 0.2) is 0 Å². The van der Waals surface area contributed by atoms with Crippen LogP contribution in [0.3, 0.4) is 0 Å². The van der Waals surface area contributed by atoms with Crippen LogP contribution in [0.5, 0.6) is 0 Å². The van der Waals surface area contributed by atoms with Gasteiger partial charge >= 0.3 is 6.18 Å². The van der Waals surface area contributed by atoms with Crippen molar-refractivity contribution in [2.24, 2.45) is 0 Å². The number of carbonyl (C=O) groups is 3. The molecule has 3 amide bonds. The van der Waals surface area contributed by atoms with Crippen molar-refractivity contribution in [3.05, 3.63) is 70.8 Å². The van der Waals surface area contributed by atoms with Gasteiger partial charge in [0, 0.05) is 17.6 Å². The predicted octanol–water partition coefficient (Wildman–Crippen LogP) is 4.23. The average Bonchev–Trinajstić information content (AvgIpc) is 3.76. The second-order valence-corrected chi connectivity index (χ2v) is 9.48. The van der Waals surface area contributed by atoms with Crippen LogP contribution in [-0.4, -0.2) is 46.1 Å². The highest BCUT2D eigenvalue weighted by molar-refractivity contribution is 6.05. The molecule has 2 atom stereocenters. The standard InChI is InChI=1S/C26H26F3N3O3/c1-15(16-5-4-6-17(13-16)26(27,28)29)31(18-9-10-18)22(33)14-30-24(34)23-20-7-2-3-8-21(20)25(35)32(23)19-11-12-19/h2-8,13,15,18-19,23H,9-12,14H2,1H3,(H,30,34). The van der Waals surface area contributed by atoms with Crippen molar-refractivity contribution in [1.29, 1.82) is 0 Å². The molecule has 2 aliphatic carbocycles. The van der Waals surface area contributed by atoms with Gasteiger partial charge in [-0.2, -0.15) is 13.2 Å². The van der Waals surface area contributed by atoms with Crippen LogP contribution in [0.25, 0.3) is 0 Å². The molecule has 0 radical (unpaired) electrons. The summed E-state index contributed by atoms with van der Waals surface area (Å²) < 4.78 is 39.6. The fraction of sp³-hybridized carbons (Fsp3) is 0.423. The highest BCUT2D eigenvalue weighted by atomic mass is 19.4. The third-order valence-electron chi connectivity index (χ3n) is 6.94. The minimum atomic E-state index is -4.47. The molecule has 9 heteroatoms. The van der Waals surface area contributed by atoms with Crippen molar-refractivity contribution in [1.82, 2.24) is 15.1 Å². The van der Waals surface area contributed by atoms with Gasteiger partial charge in [0.2, 0.25) is 11.8 Å². The minimum Gasteiger partial charge on any atom is -0.345 e. The lowest BCUT2D eigenvalue weighted by Gasteiger charge is -2.31. The van der Waals surface area contributed by atoms with Gasteiger partial charge < -0.3 is 15.1 Å². The highest BCUT2D eigenvalue weighted by Crippen LogP contribution is 2.42. The lowest BCUT2D eigenvalue weighted by atomic mass is 10.0. The van der Waals surface area contributed by atoms with E-state index in [4.69, 9.17) is 0 Å². The zero-order valence-corrected chi connectivity index (χ0v) is 19.2. The van der Waals surface area contributed by atoms with Crippen LogP contribution in [-0.2, 0) is 15.8 Å². The molecule has 2 fully saturated rings. The summed E-state index contributed by atoms with van der Waals surface area (Å²) in [5, 5.41) is 2.70. The Morgan fingerprint density at radius 1 is 1.09 bits per heavy atom. The van der Waals surface area contributed by atoms with Gasteiger partial charge in [-0.05, 0) is 61.9 Å². The summed E-state index contributed by atoms with van der Waals surface area (Å²) in [5.74, 6) is -0.959. The summed E-state index contributed by atoms with van der Waals surface area (Å²) in [4.78, 5) is 42.4. The Bertz CT molecular complexity index is 1170. The number of hydrogen-bond acceptors (Lipinski definition) is 3. The number of benzene rings is 2. The number of hydrogen-bond donors (Lipinski definition) is 1. The summed E-state index contributed by atoms with van der Waals surface area (Å²) >= 11 is 0. The number of alkyl halides is 3. The number of nitrogens with zero attached hydrogens (tertiary/aromatic N) is 2. The number of nitrogens with one attached hydrogen (secondary N) is 1. The molecule has 2 aromatic rings. The fourth-order valence-corrected chi connectivity index (χ4v) is 4.91. The molecule has 1 N–H and O–H groups in total. The Kier molecular flexibility index (Phi) is 5.81. The lowest BCUT2D eigenvalue weighted by molar-refractivity contribution is -0.137. The molecule has 6 nitrogen and oxygen atoms in total. The van der Waals surface area contributed by atoms with E-state index in [0.29, 0.717) is 16.7 Å². The van der Waals surface area contributed by atoms with E-state index in [-0.39, 0.29) is 30.4 Å². The van der Waals surface area contributed by atoms with Crippen LogP contribution in [0, 0.1) is 0 Å². The Hall–Kier alpha value is -3.36. The number of amides is 3. The summed E-state index contributed by atoms with van der Waals surface area (Å²) in [6.07, 6.45) is -1.26. The first-order valence-corrected chi connectivity index (χ1v) is 11.8. The first kappa shape index (κ1) is 23.4. The summed E-state index contributed by atoms with van der Waals surface area (Å²) in [7, 11) is 0. The summed E-state index contributed by atoms with van der Waals surface area (Å²) in [6, 6.07) is 10.6. The van der Waals surface area contributed by atoms with E-state index in [9.17, 15) is 27.6 Å². The van der Waals surface area contributed by atoms with Gasteiger partial charge in [0.1, 0.15) is 6.04 Å². The fourth-order valence-electron chi connectivity index (χ4n) is 4.91. The molecule has 184 valence electrons. The van der Waals surface area contributed by atoms with Crippen molar-refractivity contribution in [3.63, 3.8) is 0 Å². The molecule has 3 aliphatic rings. The van der Waals surface area contributed by atoms with Crippen LogP contribution in [0.2, 0.25) is 0 Å². The molecule has 0 aromatic heterocycles. The van der Waals surface area contributed by atoms with E-state index in [1.165, 1.54) is 6.07 Å². The number of carbonyl (C=O) groups excluding carboxylic acids is 3. The topological polar surface area (TPSA) is 69.7 Å². The van der Waals surface area contributed by atoms with E-state index in [1.807, 2.05) is 0 Å². The van der Waals surface area contributed by atoms with E-state index in [1.54, 1.807) is 47.1 Å². The molecule has 35 heavy (non-hydrogen) atoms. The van der Waals surface area contributed by atoms with Crippen molar-refractivity contribution < 1.29 is 27.6 Å². The largest absolute Gasteiger partial charge is 0.416 e. The van der Waals surface area contributed by atoms with Crippen molar-refractivity contribution in [3.8, 4) is 0 Å². The second kappa shape index (κ2) is 8.70. The molecule has 2 aromatic carbocycles. The molecule has 0 spiro atoms. The molecule has 0 saturated heterocycles. The average molecular weight is 486 g/mol. The quantitative estimate of drug-likeness (QED) is 0.638. The first-order chi connectivity index (χ1) is 16.7. The van der Waals surface area contributed by atoms with Crippen LogP contribution >= 0.6 is 0 Å². The maximum absolute atomic E-state index is 13.2. The van der Waals surface area contributed by atoms with Crippen LogP contribution in [0.1, 0.15) is 71.7 Å². The molecule has 0 bridgehead atoms. The Labute approximate surface area is 201 Å². The maximum atomic E-state index is 13.2. The lowest BCUT2D eigenvalue weighted by Crippen LogP contribution is -2.46. The van der Waals surface area contributed by atoms with E-state index in [0.717, 1.165) is 37.8 Å². The molecule has 1 heterocycles. The highest BCUT2D eigenvalue weighted by Gasteiger charge is 2.48. The Morgan fingerprint density at radius 3 is 2.46 bits per heavy atom. The third-order valence-corrected chi connectivity index (χ3v) is 6.94. The molecular formula is C26H26F3N3O3. The van der Waals surface area contributed by atoms with E-state index in [2.05, 4.69) is 5.32 Å². The van der Waals surface area contributed by atoms with Crippen molar-refractivity contribution in [2.45, 2.75) is 63.0 Å². The summed E-state index contributed by atoms with van der Waals surface area (Å²) in [6.45, 7) is 1.41. The van der Waals surface area contributed by atoms with Crippen molar-refractivity contribution in [2.75, 3.05) is 6.54 Å². The monoisotopic (exact) mass is 485 g/mol. The molecule has 1 aliphatic heterocycles. The van der Waals surface area contributed by atoms with Gasteiger partial charge in [-0.25, -0.2) is 0 Å². The Morgan fingerprint density at radius 2 is 1.80 bits per heavy atom. The van der Waals surface area contributed by atoms with E-state index >= 15 is 0 Å². The molecule has 2 unspecified atom stereocenters. The molecule has 5 rings (SSSR count). The van der Waals surface area contributed by atoms with Crippen LogP contribution in [0.15, 0.2) is 48.5 Å². The van der Waals surface area contributed by atoms with Crippen molar-refractivity contribution >= 4 is 17.7 Å². The van der Waals surface area contributed by atoms with Gasteiger partial charge in [-0.15, -0.1) is 0 Å². The number of fused-ring (bicyclic) bond motifs is 1. The Balaban J connectivity index is 1.31. The van der Waals surface area contributed by atoms with Crippen LogP contribution in [0.4, 0.5) is 13.2 Å². The minimum absolute atomic E-state index is 0.0187. The normalized spacial score (nSPS) is 20.4. The first-order valence-electron chi connectivity index (χ1n) is 11.8. The van der Waals surface area contributed by atoms with Gasteiger partial charge in [-0.3, -0.25) is 14.4 Å². The van der Waals surface area contributed by atoms with Gasteiger partial charge in [0.05, 0.1) is 18.2 Å². The smallest absolute Gasteiger partial charge is 0.345 e. The maximum Gasteiger partial charge on any atom is 0.416 e. The summed E-state index contributed by atoms with van der Waals surface area (Å²) in [5.41, 5.74) is 0.763. The van der Waals surface area contributed by atoms with Gasteiger partial charge in [-0.1, -0.05) is 30.3 Å².